The van der Waals surface area contributed by atoms with E-state index >= 15 is 0 Å². The van der Waals surface area contributed by atoms with Crippen molar-refractivity contribution in [2.45, 2.75) is 52.3 Å². The van der Waals surface area contributed by atoms with Gasteiger partial charge in [0.15, 0.2) is 0 Å². The summed E-state index contributed by atoms with van der Waals surface area (Å²) in [5, 5.41) is 10.7. The normalized spacial score (nSPS) is 14.9. The van der Waals surface area contributed by atoms with Gasteiger partial charge < -0.3 is 19.5 Å². The Morgan fingerprint density at radius 2 is 1.97 bits per heavy atom. The molecule has 0 aliphatic carbocycles. The summed E-state index contributed by atoms with van der Waals surface area (Å²) in [5.74, 6) is 0. The van der Waals surface area contributed by atoms with Crippen molar-refractivity contribution in [2.24, 2.45) is 0 Å². The molecule has 1 aliphatic rings. The van der Waals surface area contributed by atoms with Crippen molar-refractivity contribution in [3.05, 3.63) is 57.5 Å². The number of rotatable bonds is 5. The number of ether oxygens (including phenoxy) is 2. The fourth-order valence-corrected chi connectivity index (χ4v) is 3.48. The van der Waals surface area contributed by atoms with Crippen LogP contribution in [0.2, 0.25) is 0 Å². The maximum absolute atomic E-state index is 13.3. The van der Waals surface area contributed by atoms with Crippen molar-refractivity contribution < 1.29 is 19.4 Å². The number of amides is 1. The second kappa shape index (κ2) is 8.87. The Morgan fingerprint density at radius 3 is 2.60 bits per heavy atom. The first-order chi connectivity index (χ1) is 14.2. The molecule has 2 heterocycles. The number of hydrogen-bond acceptors (Lipinski definition) is 6. The van der Waals surface area contributed by atoms with Gasteiger partial charge in [0, 0.05) is 18.7 Å². The number of carbonyl (C=O) groups is 1. The Hall–Kier alpha value is -2.87. The maximum Gasteiger partial charge on any atom is 0.410 e. The largest absolute Gasteiger partial charge is 0.480 e. The molecule has 1 unspecified atom stereocenters. The minimum atomic E-state index is -0.613. The van der Waals surface area contributed by atoms with E-state index in [9.17, 15) is 14.7 Å². The Bertz CT molecular complexity index is 950. The van der Waals surface area contributed by atoms with Crippen molar-refractivity contribution in [3.8, 4) is 6.01 Å². The number of nitrogens with zero attached hydrogens (tertiary/aromatic N) is 3. The van der Waals surface area contributed by atoms with Crippen LogP contribution in [0.4, 0.5) is 4.79 Å². The van der Waals surface area contributed by atoms with Crippen LogP contribution in [0.15, 0.2) is 35.1 Å². The van der Waals surface area contributed by atoms with Crippen molar-refractivity contribution in [3.63, 3.8) is 0 Å². The number of fused-ring (bicyclic) bond motifs is 1. The lowest BCUT2D eigenvalue weighted by Gasteiger charge is -2.31. The molecule has 1 aliphatic heterocycles. The van der Waals surface area contributed by atoms with E-state index in [0.717, 1.165) is 5.56 Å². The molecule has 0 radical (unpaired) electrons. The average molecular weight is 415 g/mol. The van der Waals surface area contributed by atoms with Crippen molar-refractivity contribution in [1.29, 1.82) is 0 Å². The first kappa shape index (κ1) is 21.8. The summed E-state index contributed by atoms with van der Waals surface area (Å²) in [6.45, 7) is 8.47. The molecule has 0 bridgehead atoms. The third kappa shape index (κ3) is 4.81. The Morgan fingerprint density at radius 1 is 1.27 bits per heavy atom. The number of carbonyl (C=O) groups excluding carboxylic acids is 1. The minimum Gasteiger partial charge on any atom is -0.480 e. The molecule has 30 heavy (non-hydrogen) atoms. The highest BCUT2D eigenvalue weighted by molar-refractivity contribution is 5.68. The van der Waals surface area contributed by atoms with Crippen LogP contribution in [0.3, 0.4) is 0 Å². The van der Waals surface area contributed by atoms with Gasteiger partial charge in [-0.25, -0.2) is 4.79 Å². The van der Waals surface area contributed by atoms with Gasteiger partial charge in [0.1, 0.15) is 5.60 Å². The van der Waals surface area contributed by atoms with E-state index in [4.69, 9.17) is 9.47 Å². The van der Waals surface area contributed by atoms with Crippen LogP contribution in [-0.2, 0) is 22.4 Å². The van der Waals surface area contributed by atoms with Gasteiger partial charge in [-0.2, -0.15) is 4.98 Å². The van der Waals surface area contributed by atoms with E-state index in [0.29, 0.717) is 30.8 Å². The van der Waals surface area contributed by atoms with Crippen molar-refractivity contribution in [2.75, 3.05) is 19.8 Å². The standard InChI is InChI=1S/C22H29N3O5/c1-5-29-14-18(15-9-7-6-8-10-15)25-19(26)16-11-12-24(13-17(16)23-20(25)27)21(28)30-22(2,3)4/h6-10,18H,5,11-14H2,1-4H3,(H,23,27). The summed E-state index contributed by atoms with van der Waals surface area (Å²) >= 11 is 0. The highest BCUT2D eigenvalue weighted by Crippen LogP contribution is 2.25. The van der Waals surface area contributed by atoms with Gasteiger partial charge in [0.25, 0.3) is 11.6 Å². The Kier molecular flexibility index (Phi) is 6.45. The molecule has 1 aromatic heterocycles. The van der Waals surface area contributed by atoms with Crippen LogP contribution in [0, 0.1) is 0 Å². The van der Waals surface area contributed by atoms with Crippen LogP contribution >= 0.6 is 0 Å². The minimum absolute atomic E-state index is 0.120. The van der Waals surface area contributed by atoms with Gasteiger partial charge >= 0.3 is 6.09 Å². The zero-order chi connectivity index (χ0) is 21.9. The molecular formula is C22H29N3O5. The summed E-state index contributed by atoms with van der Waals surface area (Å²) in [6, 6.07) is 8.53. The predicted octanol–water partition coefficient (Wildman–Crippen LogP) is 2.87. The van der Waals surface area contributed by atoms with Gasteiger partial charge in [-0.15, -0.1) is 0 Å². The van der Waals surface area contributed by atoms with Crippen LogP contribution in [0.5, 0.6) is 6.01 Å². The maximum atomic E-state index is 13.3. The summed E-state index contributed by atoms with van der Waals surface area (Å²) in [6.07, 6.45) is -0.117. The number of aromatic hydroxyl groups is 1. The highest BCUT2D eigenvalue weighted by Gasteiger charge is 2.30. The summed E-state index contributed by atoms with van der Waals surface area (Å²) in [7, 11) is 0. The molecule has 0 saturated heterocycles. The molecule has 0 saturated carbocycles. The highest BCUT2D eigenvalue weighted by atomic mass is 16.6. The van der Waals surface area contributed by atoms with Gasteiger partial charge in [0.2, 0.25) is 0 Å². The SMILES string of the molecule is CCOCC(c1ccccc1)n1c(O)nc2c(c1=O)CCN(C(=O)OC(C)(C)C)C2. The van der Waals surface area contributed by atoms with Crippen molar-refractivity contribution >= 4 is 6.09 Å². The van der Waals surface area contributed by atoms with E-state index in [1.54, 1.807) is 20.8 Å². The van der Waals surface area contributed by atoms with E-state index in [2.05, 4.69) is 4.98 Å². The van der Waals surface area contributed by atoms with E-state index in [1.165, 1.54) is 9.47 Å². The molecule has 1 amide bonds. The van der Waals surface area contributed by atoms with Gasteiger partial charge in [0.05, 0.1) is 24.9 Å². The lowest BCUT2D eigenvalue weighted by molar-refractivity contribution is 0.0219. The summed E-state index contributed by atoms with van der Waals surface area (Å²) in [4.78, 5) is 31.4. The first-order valence-corrected chi connectivity index (χ1v) is 10.1. The molecule has 8 heteroatoms. The van der Waals surface area contributed by atoms with E-state index in [1.807, 2.05) is 37.3 Å². The van der Waals surface area contributed by atoms with Crippen LogP contribution in [-0.4, -0.2) is 51.0 Å². The number of aromatic nitrogens is 2. The number of hydrogen-bond donors (Lipinski definition) is 1. The van der Waals surface area contributed by atoms with Gasteiger partial charge in [-0.1, -0.05) is 30.3 Å². The third-order valence-corrected chi connectivity index (χ3v) is 4.88. The molecule has 162 valence electrons. The molecule has 1 N–H and O–H groups in total. The first-order valence-electron chi connectivity index (χ1n) is 10.1. The molecule has 3 rings (SSSR count). The summed E-state index contributed by atoms with van der Waals surface area (Å²) in [5.41, 5.74) is 0.823. The van der Waals surface area contributed by atoms with Crippen LogP contribution in [0.1, 0.15) is 50.6 Å². The smallest absolute Gasteiger partial charge is 0.410 e. The molecule has 0 fully saturated rings. The second-order valence-electron chi connectivity index (χ2n) is 8.25. The Labute approximate surface area is 176 Å². The van der Waals surface area contributed by atoms with Gasteiger partial charge in [-0.05, 0) is 39.7 Å². The quantitative estimate of drug-likeness (QED) is 0.807. The molecular weight excluding hydrogens is 386 g/mol. The van der Waals surface area contributed by atoms with E-state index < -0.39 is 23.7 Å². The Balaban J connectivity index is 1.95. The molecule has 8 nitrogen and oxygen atoms in total. The predicted molar refractivity (Wildman–Crippen MR) is 112 cm³/mol. The zero-order valence-electron chi connectivity index (χ0n) is 17.9. The molecule has 1 atom stereocenters. The fraction of sp³-hybridized carbons (Fsp3) is 0.500. The lowest BCUT2D eigenvalue weighted by Crippen LogP contribution is -2.43. The summed E-state index contributed by atoms with van der Waals surface area (Å²) < 4.78 is 12.3. The molecule has 1 aromatic carbocycles. The van der Waals surface area contributed by atoms with E-state index in [-0.39, 0.29) is 18.7 Å². The van der Waals surface area contributed by atoms with Gasteiger partial charge in [-0.3, -0.25) is 9.36 Å². The monoisotopic (exact) mass is 415 g/mol. The van der Waals surface area contributed by atoms with Crippen LogP contribution < -0.4 is 5.56 Å². The second-order valence-corrected chi connectivity index (χ2v) is 8.25. The number of benzene rings is 1. The lowest BCUT2D eigenvalue weighted by atomic mass is 10.0. The van der Waals surface area contributed by atoms with Crippen molar-refractivity contribution in [1.82, 2.24) is 14.5 Å². The van der Waals surface area contributed by atoms with Crippen LogP contribution in [0.25, 0.3) is 0 Å². The topological polar surface area (TPSA) is 93.9 Å². The zero-order valence-corrected chi connectivity index (χ0v) is 17.9. The third-order valence-electron chi connectivity index (χ3n) is 4.88. The average Bonchev–Trinajstić information content (AvgIpc) is 2.69. The molecule has 2 aromatic rings. The fourth-order valence-electron chi connectivity index (χ4n) is 3.48. The molecule has 0 spiro atoms.